The summed E-state index contributed by atoms with van der Waals surface area (Å²) in [6.07, 6.45) is -2.18. The SMILES string of the molecule is COc1ccc(C(Oc2cccc3c2C(=O)NC3=O)C(=O)OC(c2ccccc2)c2ccccc2)c2ccc(=O)[nH]c12. The van der Waals surface area contributed by atoms with Crippen LogP contribution in [0.1, 0.15) is 49.6 Å². The zero-order valence-electron chi connectivity index (χ0n) is 22.3. The van der Waals surface area contributed by atoms with Crippen molar-refractivity contribution in [1.29, 1.82) is 0 Å². The third-order valence-electron chi connectivity index (χ3n) is 7.02. The van der Waals surface area contributed by atoms with Crippen LogP contribution in [-0.4, -0.2) is 29.9 Å². The summed E-state index contributed by atoms with van der Waals surface area (Å²) >= 11 is 0. The van der Waals surface area contributed by atoms with Gasteiger partial charge in [0.2, 0.25) is 11.7 Å². The molecular weight excluding hydrogens is 536 g/mol. The highest BCUT2D eigenvalue weighted by Crippen LogP contribution is 2.37. The summed E-state index contributed by atoms with van der Waals surface area (Å²) in [5.41, 5.74) is 2.00. The van der Waals surface area contributed by atoms with Gasteiger partial charge in [0.15, 0.2) is 6.10 Å². The van der Waals surface area contributed by atoms with Gasteiger partial charge in [-0.25, -0.2) is 4.79 Å². The fraction of sp³-hybridized carbons (Fsp3) is 0.0909. The number of esters is 1. The summed E-state index contributed by atoms with van der Waals surface area (Å²) in [6.45, 7) is 0. The summed E-state index contributed by atoms with van der Waals surface area (Å²) in [7, 11) is 1.47. The van der Waals surface area contributed by atoms with E-state index in [1.54, 1.807) is 24.3 Å². The van der Waals surface area contributed by atoms with Crippen molar-refractivity contribution in [1.82, 2.24) is 10.3 Å². The number of benzene rings is 4. The molecule has 0 saturated carbocycles. The first-order valence-electron chi connectivity index (χ1n) is 13.1. The number of aromatic nitrogens is 1. The first kappa shape index (κ1) is 26.5. The number of H-pyrrole nitrogens is 1. The van der Waals surface area contributed by atoms with E-state index < -0.39 is 30.0 Å². The molecule has 208 valence electrons. The summed E-state index contributed by atoms with van der Waals surface area (Å²) in [5.74, 6) is -1.53. The second-order valence-electron chi connectivity index (χ2n) is 9.57. The molecule has 0 spiro atoms. The maximum Gasteiger partial charge on any atom is 0.353 e. The lowest BCUT2D eigenvalue weighted by atomic mass is 10.00. The molecule has 0 aliphatic carbocycles. The van der Waals surface area contributed by atoms with E-state index in [2.05, 4.69) is 10.3 Å². The zero-order valence-corrected chi connectivity index (χ0v) is 22.3. The number of carbonyl (C=O) groups excluding carboxylic acids is 3. The minimum Gasteiger partial charge on any atom is -0.495 e. The minimum atomic E-state index is -1.41. The van der Waals surface area contributed by atoms with E-state index in [0.29, 0.717) is 22.2 Å². The molecule has 0 fully saturated rings. The van der Waals surface area contributed by atoms with Crippen LogP contribution in [0.3, 0.4) is 0 Å². The van der Waals surface area contributed by atoms with Crippen LogP contribution in [0.2, 0.25) is 0 Å². The van der Waals surface area contributed by atoms with E-state index >= 15 is 0 Å². The van der Waals surface area contributed by atoms with Crippen LogP contribution in [0.15, 0.2) is 108 Å². The molecule has 5 aromatic rings. The number of hydrogen-bond acceptors (Lipinski definition) is 7. The number of hydrogen-bond donors (Lipinski definition) is 2. The topological polar surface area (TPSA) is 124 Å². The second-order valence-corrected chi connectivity index (χ2v) is 9.57. The van der Waals surface area contributed by atoms with Gasteiger partial charge in [0, 0.05) is 17.0 Å². The number of methoxy groups -OCH3 is 1. The van der Waals surface area contributed by atoms with Gasteiger partial charge >= 0.3 is 5.97 Å². The molecule has 42 heavy (non-hydrogen) atoms. The first-order valence-corrected chi connectivity index (χ1v) is 13.1. The predicted octanol–water partition coefficient (Wildman–Crippen LogP) is 4.87. The Balaban J connectivity index is 1.49. The number of ether oxygens (including phenoxy) is 3. The van der Waals surface area contributed by atoms with E-state index in [9.17, 15) is 19.2 Å². The number of aromatic amines is 1. The van der Waals surface area contributed by atoms with Crippen LogP contribution in [-0.2, 0) is 9.53 Å². The van der Waals surface area contributed by atoms with Crippen LogP contribution in [0.5, 0.6) is 11.5 Å². The third-order valence-corrected chi connectivity index (χ3v) is 7.02. The first-order chi connectivity index (χ1) is 20.4. The highest BCUT2D eigenvalue weighted by atomic mass is 16.6. The van der Waals surface area contributed by atoms with E-state index in [4.69, 9.17) is 14.2 Å². The van der Waals surface area contributed by atoms with E-state index in [0.717, 1.165) is 11.1 Å². The molecule has 1 aromatic heterocycles. The Bertz CT molecular complexity index is 1840. The molecule has 9 nitrogen and oxygen atoms in total. The minimum absolute atomic E-state index is 0.0224. The summed E-state index contributed by atoms with van der Waals surface area (Å²) in [5, 5.41) is 2.73. The van der Waals surface area contributed by atoms with Gasteiger partial charge in [0.05, 0.1) is 23.8 Å². The summed E-state index contributed by atoms with van der Waals surface area (Å²) in [4.78, 5) is 54.2. The van der Waals surface area contributed by atoms with Crippen LogP contribution < -0.4 is 20.3 Å². The monoisotopic (exact) mass is 560 g/mol. The van der Waals surface area contributed by atoms with Crippen molar-refractivity contribution >= 4 is 28.7 Å². The van der Waals surface area contributed by atoms with Crippen molar-refractivity contribution < 1.29 is 28.6 Å². The number of amides is 2. The lowest BCUT2D eigenvalue weighted by Gasteiger charge is -2.25. The highest BCUT2D eigenvalue weighted by Gasteiger charge is 2.35. The van der Waals surface area contributed by atoms with Crippen molar-refractivity contribution in [3.63, 3.8) is 0 Å². The largest absolute Gasteiger partial charge is 0.495 e. The van der Waals surface area contributed by atoms with E-state index in [-0.39, 0.29) is 22.4 Å². The molecule has 6 rings (SSSR count). The molecule has 4 aromatic carbocycles. The predicted molar refractivity (Wildman–Crippen MR) is 154 cm³/mol. The average molecular weight is 561 g/mol. The van der Waals surface area contributed by atoms with Crippen molar-refractivity contribution in [2.24, 2.45) is 0 Å². The van der Waals surface area contributed by atoms with Gasteiger partial charge in [-0.15, -0.1) is 0 Å². The molecule has 0 bridgehead atoms. The van der Waals surface area contributed by atoms with Gasteiger partial charge < -0.3 is 19.2 Å². The fourth-order valence-corrected chi connectivity index (χ4v) is 5.06. The zero-order chi connectivity index (χ0) is 29.2. The molecule has 2 amide bonds. The molecule has 1 aliphatic heterocycles. The van der Waals surface area contributed by atoms with Gasteiger partial charge in [-0.1, -0.05) is 72.8 Å². The molecule has 9 heteroatoms. The van der Waals surface area contributed by atoms with Crippen molar-refractivity contribution in [3.8, 4) is 11.5 Å². The summed E-state index contributed by atoms with van der Waals surface area (Å²) in [6, 6.07) is 29.3. The molecular formula is C33H24N2O7. The van der Waals surface area contributed by atoms with Gasteiger partial charge in [0.25, 0.3) is 11.8 Å². The number of pyridine rings is 1. The number of carbonyl (C=O) groups is 3. The maximum absolute atomic E-state index is 14.2. The lowest BCUT2D eigenvalue weighted by molar-refractivity contribution is -0.156. The van der Waals surface area contributed by atoms with Crippen LogP contribution in [0.25, 0.3) is 10.9 Å². The number of fused-ring (bicyclic) bond motifs is 2. The standard InChI is InChI=1S/C33H24N2O7/c1-40-25-17-15-22(21-16-18-26(36)34-28(21)25)30(41-24-14-8-13-23-27(24)32(38)35-31(23)37)33(39)42-29(19-9-4-2-5-10-19)20-11-6-3-7-12-20/h2-18,29-30H,1H3,(H,34,36)(H,35,37,38). The Morgan fingerprint density at radius 3 is 2.07 bits per heavy atom. The fourth-order valence-electron chi connectivity index (χ4n) is 5.06. The van der Waals surface area contributed by atoms with Crippen molar-refractivity contribution in [2.75, 3.05) is 7.11 Å². The molecule has 1 atom stereocenters. The van der Waals surface area contributed by atoms with Crippen molar-refractivity contribution in [3.05, 3.63) is 141 Å². The lowest BCUT2D eigenvalue weighted by Crippen LogP contribution is -2.25. The molecule has 1 aliphatic rings. The summed E-state index contributed by atoms with van der Waals surface area (Å²) < 4.78 is 17.9. The third kappa shape index (κ3) is 4.88. The van der Waals surface area contributed by atoms with Crippen LogP contribution in [0, 0.1) is 0 Å². The van der Waals surface area contributed by atoms with E-state index in [1.165, 1.54) is 25.3 Å². The van der Waals surface area contributed by atoms with Gasteiger partial charge in [-0.2, -0.15) is 0 Å². The van der Waals surface area contributed by atoms with Crippen LogP contribution in [0.4, 0.5) is 0 Å². The van der Waals surface area contributed by atoms with Gasteiger partial charge in [-0.3, -0.25) is 19.7 Å². The molecule has 2 N–H and O–H groups in total. The van der Waals surface area contributed by atoms with Gasteiger partial charge in [-0.05, 0) is 35.4 Å². The number of nitrogens with one attached hydrogen (secondary N) is 2. The van der Waals surface area contributed by atoms with E-state index in [1.807, 2.05) is 60.7 Å². The Morgan fingerprint density at radius 2 is 1.40 bits per heavy atom. The quantitative estimate of drug-likeness (QED) is 0.205. The smallest absolute Gasteiger partial charge is 0.353 e. The highest BCUT2D eigenvalue weighted by molar-refractivity contribution is 6.22. The molecule has 0 saturated heterocycles. The Kier molecular flexibility index (Phi) is 6.98. The van der Waals surface area contributed by atoms with Crippen molar-refractivity contribution in [2.45, 2.75) is 12.2 Å². The maximum atomic E-state index is 14.2. The molecule has 1 unspecified atom stereocenters. The normalized spacial score (nSPS) is 13.0. The Labute approximate surface area is 239 Å². The van der Waals surface area contributed by atoms with Crippen LogP contribution >= 0.6 is 0 Å². The Hall–Kier alpha value is -5.70. The average Bonchev–Trinajstić information content (AvgIpc) is 3.32. The van der Waals surface area contributed by atoms with Gasteiger partial charge in [0.1, 0.15) is 11.5 Å². The number of rotatable bonds is 8. The Morgan fingerprint density at radius 1 is 0.714 bits per heavy atom. The molecule has 2 heterocycles. The second kappa shape index (κ2) is 11.1. The molecule has 0 radical (unpaired) electrons. The number of imide groups is 1.